The second kappa shape index (κ2) is 9.67. The summed E-state index contributed by atoms with van der Waals surface area (Å²) in [5.74, 6) is -1.19. The molecule has 0 aliphatic carbocycles. The fraction of sp³-hybridized carbons (Fsp3) is 0.414. The largest absolute Gasteiger partial charge is 0.505 e. The van der Waals surface area contributed by atoms with Gasteiger partial charge in [0.15, 0.2) is 17.4 Å². The number of rotatable bonds is 5. The topological polar surface area (TPSA) is 110 Å². The lowest BCUT2D eigenvalue weighted by atomic mass is 9.96. The molecule has 0 spiro atoms. The molecule has 1 amide bonds. The fourth-order valence-corrected chi connectivity index (χ4v) is 6.33. The van der Waals surface area contributed by atoms with Gasteiger partial charge in [-0.3, -0.25) is 14.8 Å². The number of aromatic amines is 2. The molecule has 208 valence electrons. The first-order valence-corrected chi connectivity index (χ1v) is 13.8. The van der Waals surface area contributed by atoms with E-state index in [0.29, 0.717) is 66.2 Å². The molecule has 4 aromatic rings. The summed E-state index contributed by atoms with van der Waals surface area (Å²) in [5.41, 5.74) is 4.18. The van der Waals surface area contributed by atoms with Gasteiger partial charge in [-0.05, 0) is 60.2 Å². The molecule has 0 saturated carbocycles. The summed E-state index contributed by atoms with van der Waals surface area (Å²) in [6.07, 6.45) is 3.79. The molecule has 3 N–H and O–H groups in total. The van der Waals surface area contributed by atoms with E-state index in [0.717, 1.165) is 37.3 Å². The van der Waals surface area contributed by atoms with Gasteiger partial charge >= 0.3 is 0 Å². The third kappa shape index (κ3) is 4.33. The van der Waals surface area contributed by atoms with E-state index in [2.05, 4.69) is 20.1 Å². The molecular formula is C29H30F2N6O3. The minimum absolute atomic E-state index is 0.0809. The molecule has 2 atom stereocenters. The number of aromatic hydroxyl groups is 1. The molecule has 2 unspecified atom stereocenters. The van der Waals surface area contributed by atoms with Crippen molar-refractivity contribution < 1.29 is 23.4 Å². The second-order valence-corrected chi connectivity index (χ2v) is 11.0. The number of benzene rings is 2. The Hall–Kier alpha value is -3.83. The number of imidazole rings is 1. The summed E-state index contributed by atoms with van der Waals surface area (Å²) < 4.78 is 35.6. The Balaban J connectivity index is 1.13. The Labute approximate surface area is 229 Å². The maximum atomic E-state index is 15.5. The Morgan fingerprint density at radius 2 is 1.95 bits per heavy atom. The lowest BCUT2D eigenvalue weighted by Crippen LogP contribution is -2.48. The quantitative estimate of drug-likeness (QED) is 0.349. The molecule has 2 aromatic carbocycles. The van der Waals surface area contributed by atoms with Crippen LogP contribution in [0.1, 0.15) is 36.7 Å². The van der Waals surface area contributed by atoms with Crippen LogP contribution in [0, 0.1) is 11.6 Å². The van der Waals surface area contributed by atoms with Gasteiger partial charge in [0, 0.05) is 31.7 Å². The molecular weight excluding hydrogens is 518 g/mol. The number of fused-ring (bicyclic) bond motifs is 4. The first-order chi connectivity index (χ1) is 19.4. The number of nitrogens with one attached hydrogen (secondary N) is 2. The normalized spacial score (nSPS) is 20.8. The van der Waals surface area contributed by atoms with Gasteiger partial charge in [0.25, 0.3) is 0 Å². The van der Waals surface area contributed by atoms with Gasteiger partial charge in [-0.15, -0.1) is 0 Å². The van der Waals surface area contributed by atoms with E-state index >= 15 is 4.39 Å². The van der Waals surface area contributed by atoms with Crippen LogP contribution >= 0.6 is 0 Å². The molecule has 3 aliphatic heterocycles. The zero-order valence-electron chi connectivity index (χ0n) is 22.1. The van der Waals surface area contributed by atoms with Crippen molar-refractivity contribution in [2.45, 2.75) is 51.4 Å². The average molecular weight is 549 g/mol. The molecule has 11 heteroatoms. The number of carbonyl (C=O) groups is 1. The lowest BCUT2D eigenvalue weighted by Gasteiger charge is -2.34. The first kappa shape index (κ1) is 25.2. The van der Waals surface area contributed by atoms with Gasteiger partial charge in [-0.1, -0.05) is 6.92 Å². The molecule has 0 radical (unpaired) electrons. The number of aromatic nitrogens is 4. The van der Waals surface area contributed by atoms with E-state index in [1.165, 1.54) is 18.2 Å². The maximum Gasteiger partial charge on any atom is 0.237 e. The molecule has 2 aromatic heterocycles. The molecule has 2 fully saturated rings. The summed E-state index contributed by atoms with van der Waals surface area (Å²) in [6, 6.07) is 5.68. The second-order valence-electron chi connectivity index (χ2n) is 11.0. The minimum Gasteiger partial charge on any atom is -0.505 e. The van der Waals surface area contributed by atoms with Crippen molar-refractivity contribution in [3.05, 3.63) is 52.9 Å². The van der Waals surface area contributed by atoms with Crippen LogP contribution in [0.5, 0.6) is 5.75 Å². The summed E-state index contributed by atoms with van der Waals surface area (Å²) in [4.78, 5) is 25.1. The van der Waals surface area contributed by atoms with E-state index < -0.39 is 17.4 Å². The van der Waals surface area contributed by atoms with Crippen LogP contribution in [0.15, 0.2) is 24.3 Å². The van der Waals surface area contributed by atoms with E-state index in [1.54, 1.807) is 6.07 Å². The predicted molar refractivity (Wildman–Crippen MR) is 144 cm³/mol. The highest BCUT2D eigenvalue weighted by Gasteiger charge is 2.35. The number of halogens is 2. The van der Waals surface area contributed by atoms with Crippen molar-refractivity contribution in [3.8, 4) is 28.4 Å². The fourth-order valence-electron chi connectivity index (χ4n) is 6.33. The summed E-state index contributed by atoms with van der Waals surface area (Å²) in [7, 11) is 0. The van der Waals surface area contributed by atoms with Crippen LogP contribution in [0.25, 0.3) is 33.5 Å². The molecule has 2 bridgehead atoms. The van der Waals surface area contributed by atoms with Crippen LogP contribution in [0.3, 0.4) is 0 Å². The zero-order valence-corrected chi connectivity index (χ0v) is 22.1. The van der Waals surface area contributed by atoms with Crippen LogP contribution in [0.2, 0.25) is 0 Å². The van der Waals surface area contributed by atoms with Crippen molar-refractivity contribution in [1.29, 1.82) is 0 Å². The van der Waals surface area contributed by atoms with E-state index in [-0.39, 0.29) is 23.5 Å². The van der Waals surface area contributed by atoms with Crippen molar-refractivity contribution in [2.24, 2.45) is 0 Å². The number of aryl methyl sites for hydroxylation is 1. The van der Waals surface area contributed by atoms with Gasteiger partial charge in [-0.2, -0.15) is 5.10 Å². The maximum absolute atomic E-state index is 15.5. The molecule has 3 aliphatic rings. The number of carbonyl (C=O) groups excluding carboxylic acids is 1. The number of phenolic OH excluding ortho intramolecular Hbond substituents is 1. The Morgan fingerprint density at radius 3 is 2.73 bits per heavy atom. The molecule has 5 heterocycles. The van der Waals surface area contributed by atoms with Crippen LogP contribution in [-0.4, -0.2) is 79.4 Å². The highest BCUT2D eigenvalue weighted by molar-refractivity contribution is 5.94. The van der Waals surface area contributed by atoms with E-state index in [1.807, 2.05) is 11.8 Å². The number of nitrogens with zero attached hydrogens (tertiary/aromatic N) is 4. The number of H-pyrrole nitrogens is 2. The van der Waals surface area contributed by atoms with Crippen molar-refractivity contribution in [2.75, 3.05) is 26.2 Å². The highest BCUT2D eigenvalue weighted by Crippen LogP contribution is 2.35. The Morgan fingerprint density at radius 1 is 1.15 bits per heavy atom. The number of hydrogen-bond donors (Lipinski definition) is 3. The standard InChI is InChI=1S/C29H30F2N6O3/c1-2-15-9-25(38)20(30)10-19(15)16-7-21(31)27-23(8-16)34-35-28(27)29-32-22-5-6-37(13-24(22)33-29)26(39)14-36-11-17-3-4-18(12-36)40-17/h7-10,17-18,38H,2-6,11-14H2,1H3,(H,32,33)(H,34,35). The minimum atomic E-state index is -0.760. The van der Waals surface area contributed by atoms with Gasteiger partial charge in [-0.25, -0.2) is 13.8 Å². The van der Waals surface area contributed by atoms with E-state index in [9.17, 15) is 14.3 Å². The van der Waals surface area contributed by atoms with Gasteiger partial charge in [0.05, 0.1) is 41.9 Å². The number of likely N-dealkylation sites (tertiary alicyclic amines) is 1. The number of amides is 1. The smallest absolute Gasteiger partial charge is 0.237 e. The SMILES string of the molecule is CCc1cc(O)c(F)cc1-c1cc(F)c2c(-c3nc4c([nH]3)CCN(C(=O)CN3CC5CCC(C3)O5)C4)n[nH]c2c1. The van der Waals surface area contributed by atoms with E-state index in [4.69, 9.17) is 9.72 Å². The number of hydrogen-bond acceptors (Lipinski definition) is 6. The molecule has 40 heavy (non-hydrogen) atoms. The van der Waals surface area contributed by atoms with Crippen LogP contribution in [0.4, 0.5) is 8.78 Å². The third-order valence-electron chi connectivity index (χ3n) is 8.37. The van der Waals surface area contributed by atoms with Crippen molar-refractivity contribution in [1.82, 2.24) is 30.0 Å². The molecule has 2 saturated heterocycles. The first-order valence-electron chi connectivity index (χ1n) is 13.8. The van der Waals surface area contributed by atoms with Gasteiger partial charge in [0.1, 0.15) is 11.5 Å². The zero-order chi connectivity index (χ0) is 27.5. The highest BCUT2D eigenvalue weighted by atomic mass is 19.1. The van der Waals surface area contributed by atoms with Crippen LogP contribution < -0.4 is 0 Å². The summed E-state index contributed by atoms with van der Waals surface area (Å²) >= 11 is 0. The van der Waals surface area contributed by atoms with Crippen molar-refractivity contribution >= 4 is 16.8 Å². The van der Waals surface area contributed by atoms with Crippen molar-refractivity contribution in [3.63, 3.8) is 0 Å². The summed E-state index contributed by atoms with van der Waals surface area (Å²) in [5, 5.41) is 17.3. The number of phenols is 1. The van der Waals surface area contributed by atoms with Gasteiger partial charge in [0.2, 0.25) is 5.91 Å². The number of ether oxygens (including phenoxy) is 1. The number of morpholine rings is 1. The Bertz CT molecular complexity index is 1620. The summed E-state index contributed by atoms with van der Waals surface area (Å²) in [6.45, 7) is 4.85. The average Bonchev–Trinajstić information content (AvgIpc) is 3.65. The predicted octanol–water partition coefficient (Wildman–Crippen LogP) is 3.91. The van der Waals surface area contributed by atoms with Gasteiger partial charge < -0.3 is 19.7 Å². The van der Waals surface area contributed by atoms with Crippen LogP contribution in [-0.2, 0) is 28.9 Å². The third-order valence-corrected chi connectivity index (χ3v) is 8.37. The monoisotopic (exact) mass is 548 g/mol. The molecule has 7 rings (SSSR count). The molecule has 9 nitrogen and oxygen atoms in total. The lowest BCUT2D eigenvalue weighted by molar-refractivity contribution is -0.135. The Kier molecular flexibility index (Phi) is 6.08.